The van der Waals surface area contributed by atoms with Crippen LogP contribution in [-0.2, 0) is 9.53 Å². The standard InChI is InChI=1S/C25H28N2O7/c1-15(26-24(30)34-25(2,3)4)23(29)33-21-13-16(11-12-20(21)31-6)27(5)18-14-22(28)32-19-10-8-7-9-17(18)19/h7-15H,1-6H3,(H,26,30)/t15-/m0/s1. The molecule has 0 aliphatic carbocycles. The van der Waals surface area contributed by atoms with E-state index in [-0.39, 0.29) is 5.75 Å². The van der Waals surface area contributed by atoms with E-state index in [1.54, 1.807) is 63.1 Å². The lowest BCUT2D eigenvalue weighted by molar-refractivity contribution is -0.136. The van der Waals surface area contributed by atoms with E-state index in [1.165, 1.54) is 20.1 Å². The maximum atomic E-state index is 12.6. The molecule has 0 saturated carbocycles. The van der Waals surface area contributed by atoms with E-state index >= 15 is 0 Å². The zero-order chi connectivity index (χ0) is 25.0. The third kappa shape index (κ3) is 5.86. The van der Waals surface area contributed by atoms with Crippen molar-refractivity contribution < 1.29 is 28.2 Å². The molecule has 34 heavy (non-hydrogen) atoms. The van der Waals surface area contributed by atoms with Gasteiger partial charge in [0.05, 0.1) is 12.8 Å². The summed E-state index contributed by atoms with van der Waals surface area (Å²) in [5.74, 6) is -0.218. The van der Waals surface area contributed by atoms with Crippen LogP contribution in [0, 0.1) is 0 Å². The molecule has 180 valence electrons. The van der Waals surface area contributed by atoms with Gasteiger partial charge in [0.1, 0.15) is 17.2 Å². The van der Waals surface area contributed by atoms with Crippen molar-refractivity contribution in [1.29, 1.82) is 0 Å². The highest BCUT2D eigenvalue weighted by molar-refractivity contribution is 5.92. The highest BCUT2D eigenvalue weighted by atomic mass is 16.6. The number of nitrogens with zero attached hydrogens (tertiary/aromatic N) is 1. The van der Waals surface area contributed by atoms with Gasteiger partial charge in [0.15, 0.2) is 11.5 Å². The summed E-state index contributed by atoms with van der Waals surface area (Å²) in [6.07, 6.45) is -0.729. The molecule has 1 aromatic heterocycles. The minimum absolute atomic E-state index is 0.155. The van der Waals surface area contributed by atoms with Crippen molar-refractivity contribution in [2.24, 2.45) is 0 Å². The van der Waals surface area contributed by atoms with Gasteiger partial charge in [-0.1, -0.05) is 12.1 Å². The number of carbonyl (C=O) groups excluding carboxylic acids is 2. The lowest BCUT2D eigenvalue weighted by Crippen LogP contribution is -2.43. The molecule has 1 N–H and O–H groups in total. The first kappa shape index (κ1) is 24.6. The van der Waals surface area contributed by atoms with Gasteiger partial charge in [-0.2, -0.15) is 0 Å². The Morgan fingerprint density at radius 2 is 1.76 bits per heavy atom. The molecule has 0 unspecified atom stereocenters. The average molecular weight is 469 g/mol. The third-order valence-corrected chi connectivity index (χ3v) is 4.82. The van der Waals surface area contributed by atoms with Crippen LogP contribution in [0.4, 0.5) is 16.2 Å². The van der Waals surface area contributed by atoms with Gasteiger partial charge in [-0.3, -0.25) is 0 Å². The van der Waals surface area contributed by atoms with Crippen LogP contribution in [-0.4, -0.2) is 37.9 Å². The molecule has 9 nitrogen and oxygen atoms in total. The monoisotopic (exact) mass is 468 g/mol. The van der Waals surface area contributed by atoms with Gasteiger partial charge in [0.2, 0.25) is 0 Å². The molecule has 1 amide bonds. The Balaban J connectivity index is 1.86. The summed E-state index contributed by atoms with van der Waals surface area (Å²) in [6, 6.07) is 12.6. The van der Waals surface area contributed by atoms with E-state index in [1.807, 2.05) is 12.1 Å². The quantitative estimate of drug-likeness (QED) is 0.322. The average Bonchev–Trinajstić information content (AvgIpc) is 2.76. The summed E-state index contributed by atoms with van der Waals surface area (Å²) >= 11 is 0. The second kappa shape index (κ2) is 9.86. The molecule has 1 heterocycles. The van der Waals surface area contributed by atoms with E-state index in [2.05, 4.69) is 5.32 Å². The van der Waals surface area contributed by atoms with Crippen LogP contribution in [0.5, 0.6) is 11.5 Å². The number of anilines is 2. The number of amides is 1. The van der Waals surface area contributed by atoms with Crippen LogP contribution in [0.15, 0.2) is 57.7 Å². The zero-order valence-corrected chi connectivity index (χ0v) is 20.0. The molecule has 3 rings (SSSR count). The van der Waals surface area contributed by atoms with Crippen molar-refractivity contribution in [3.05, 3.63) is 59.0 Å². The van der Waals surface area contributed by atoms with Crippen LogP contribution in [0.3, 0.4) is 0 Å². The van der Waals surface area contributed by atoms with Crippen molar-refractivity contribution in [2.45, 2.75) is 39.3 Å². The smallest absolute Gasteiger partial charge is 0.408 e. The van der Waals surface area contributed by atoms with Gasteiger partial charge >= 0.3 is 17.7 Å². The summed E-state index contributed by atoms with van der Waals surface area (Å²) in [7, 11) is 3.23. The largest absolute Gasteiger partial charge is 0.493 e. The number of fused-ring (bicyclic) bond motifs is 1. The van der Waals surface area contributed by atoms with Gasteiger partial charge in [-0.05, 0) is 52.0 Å². The van der Waals surface area contributed by atoms with Crippen LogP contribution in [0.2, 0.25) is 0 Å². The zero-order valence-electron chi connectivity index (χ0n) is 20.0. The van der Waals surface area contributed by atoms with E-state index in [0.717, 1.165) is 5.39 Å². The van der Waals surface area contributed by atoms with Gasteiger partial charge < -0.3 is 28.8 Å². The topological polar surface area (TPSA) is 107 Å². The van der Waals surface area contributed by atoms with Crippen molar-refractivity contribution in [2.75, 3.05) is 19.1 Å². The molecule has 2 aromatic carbocycles. The second-order valence-corrected chi connectivity index (χ2v) is 8.63. The fourth-order valence-electron chi connectivity index (χ4n) is 3.20. The van der Waals surface area contributed by atoms with Crippen LogP contribution in [0.1, 0.15) is 27.7 Å². The number of methoxy groups -OCH3 is 1. The number of nitrogens with one attached hydrogen (secondary N) is 1. The summed E-state index contributed by atoms with van der Waals surface area (Å²) in [4.78, 5) is 38.5. The van der Waals surface area contributed by atoms with E-state index in [0.29, 0.717) is 22.7 Å². The minimum atomic E-state index is -0.969. The Morgan fingerprint density at radius 1 is 1.06 bits per heavy atom. The summed E-state index contributed by atoms with van der Waals surface area (Å²) in [5, 5.41) is 3.20. The Kier molecular flexibility index (Phi) is 7.14. The van der Waals surface area contributed by atoms with Crippen molar-refractivity contribution in [3.63, 3.8) is 0 Å². The van der Waals surface area contributed by atoms with Crippen LogP contribution in [0.25, 0.3) is 11.0 Å². The predicted octanol–water partition coefficient (Wildman–Crippen LogP) is 4.39. The highest BCUT2D eigenvalue weighted by Gasteiger charge is 2.24. The van der Waals surface area contributed by atoms with Crippen LogP contribution >= 0.6 is 0 Å². The number of hydrogen-bond acceptors (Lipinski definition) is 8. The Hall–Kier alpha value is -4.01. The number of ether oxygens (including phenoxy) is 3. The molecular formula is C25H28N2O7. The lowest BCUT2D eigenvalue weighted by Gasteiger charge is -2.23. The predicted molar refractivity (Wildman–Crippen MR) is 128 cm³/mol. The van der Waals surface area contributed by atoms with Crippen LogP contribution < -0.4 is 25.3 Å². The highest BCUT2D eigenvalue weighted by Crippen LogP contribution is 2.36. The Labute approximate surface area is 197 Å². The Morgan fingerprint density at radius 3 is 2.44 bits per heavy atom. The summed E-state index contributed by atoms with van der Waals surface area (Å²) in [5.41, 5.74) is 0.525. The first-order chi connectivity index (χ1) is 16.0. The molecule has 0 fully saturated rings. The fourth-order valence-corrected chi connectivity index (χ4v) is 3.20. The minimum Gasteiger partial charge on any atom is -0.493 e. The summed E-state index contributed by atoms with van der Waals surface area (Å²) in [6.45, 7) is 6.66. The molecule has 0 radical (unpaired) electrons. The lowest BCUT2D eigenvalue weighted by atomic mass is 10.1. The SMILES string of the molecule is COc1ccc(N(C)c2cc(=O)oc3ccccc23)cc1OC(=O)[C@H](C)NC(=O)OC(C)(C)C. The van der Waals surface area contributed by atoms with E-state index in [9.17, 15) is 14.4 Å². The second-order valence-electron chi connectivity index (χ2n) is 8.63. The molecule has 0 spiro atoms. The number of esters is 1. The molecule has 3 aromatic rings. The van der Waals surface area contributed by atoms with Crippen molar-refractivity contribution in [3.8, 4) is 11.5 Å². The van der Waals surface area contributed by atoms with Gasteiger partial charge in [-0.25, -0.2) is 14.4 Å². The third-order valence-electron chi connectivity index (χ3n) is 4.82. The summed E-state index contributed by atoms with van der Waals surface area (Å²) < 4.78 is 21.3. The normalized spacial score (nSPS) is 12.1. The van der Waals surface area contributed by atoms with Crippen molar-refractivity contribution in [1.82, 2.24) is 5.32 Å². The number of alkyl carbamates (subject to hydrolysis) is 1. The molecule has 1 atom stereocenters. The number of benzene rings is 2. The maximum Gasteiger partial charge on any atom is 0.408 e. The maximum absolute atomic E-state index is 12.6. The number of rotatable bonds is 6. The molecule has 0 aliphatic rings. The van der Waals surface area contributed by atoms with E-state index < -0.39 is 29.3 Å². The van der Waals surface area contributed by atoms with Gasteiger partial charge in [0, 0.05) is 30.3 Å². The molecule has 0 bridgehead atoms. The van der Waals surface area contributed by atoms with Crippen molar-refractivity contribution >= 4 is 34.4 Å². The fraction of sp³-hybridized carbons (Fsp3) is 0.320. The number of para-hydroxylation sites is 1. The number of carbonyl (C=O) groups is 2. The molecule has 9 heteroatoms. The first-order valence-corrected chi connectivity index (χ1v) is 10.6. The molecule has 0 saturated heterocycles. The van der Waals surface area contributed by atoms with Gasteiger partial charge in [-0.15, -0.1) is 0 Å². The molecule has 0 aliphatic heterocycles. The molecular weight excluding hydrogens is 440 g/mol. The first-order valence-electron chi connectivity index (χ1n) is 10.6. The van der Waals surface area contributed by atoms with E-state index in [4.69, 9.17) is 18.6 Å². The Bertz CT molecular complexity index is 1260. The number of hydrogen-bond donors (Lipinski definition) is 1. The van der Waals surface area contributed by atoms with Gasteiger partial charge in [0.25, 0.3) is 0 Å².